The summed E-state index contributed by atoms with van der Waals surface area (Å²) in [6, 6.07) is 0. The summed E-state index contributed by atoms with van der Waals surface area (Å²) in [4.78, 5) is 0. The highest BCUT2D eigenvalue weighted by molar-refractivity contribution is 5.15. The van der Waals surface area contributed by atoms with Gasteiger partial charge in [0, 0.05) is 0 Å². The van der Waals surface area contributed by atoms with Gasteiger partial charge in [-0.1, -0.05) is 57.7 Å². The van der Waals surface area contributed by atoms with E-state index in [-0.39, 0.29) is 0 Å². The summed E-state index contributed by atoms with van der Waals surface area (Å²) in [6.45, 7) is 19.7. The van der Waals surface area contributed by atoms with Gasteiger partial charge in [0.05, 0.1) is 0 Å². The van der Waals surface area contributed by atoms with Crippen LogP contribution in [0.5, 0.6) is 0 Å². The Balaban J connectivity index is 2.13. The van der Waals surface area contributed by atoms with Crippen LogP contribution in [-0.2, 0) is 0 Å². The summed E-state index contributed by atoms with van der Waals surface area (Å²) in [7, 11) is 0. The largest absolute Gasteiger partial charge is 0.0996 e. The van der Waals surface area contributed by atoms with Gasteiger partial charge in [0.25, 0.3) is 0 Å². The number of hydrogen-bond acceptors (Lipinski definition) is 0. The number of hydrogen-bond donors (Lipinski definition) is 0. The predicted molar refractivity (Wildman–Crippen MR) is 89.5 cm³/mol. The number of rotatable bonds is 4. The second kappa shape index (κ2) is 6.33. The van der Waals surface area contributed by atoms with E-state index in [0.29, 0.717) is 0 Å². The smallest absolute Gasteiger partial charge is 0.0169 e. The van der Waals surface area contributed by atoms with Gasteiger partial charge in [0.15, 0.2) is 0 Å². The minimum atomic E-state index is 0.718. The Morgan fingerprint density at radius 2 is 1.95 bits per heavy atom. The van der Waals surface area contributed by atoms with Crippen molar-refractivity contribution in [2.75, 3.05) is 0 Å². The first-order chi connectivity index (χ1) is 9.45. The molecular weight excluding hydrogens is 240 g/mol. The second-order valence-electron chi connectivity index (χ2n) is 7.47. The van der Waals surface area contributed by atoms with E-state index in [0.717, 1.165) is 41.9 Å². The van der Waals surface area contributed by atoms with Crippen molar-refractivity contribution in [1.29, 1.82) is 0 Å². The van der Waals surface area contributed by atoms with Gasteiger partial charge >= 0.3 is 0 Å². The quantitative estimate of drug-likeness (QED) is 0.433. The molecule has 0 radical (unpaired) electrons. The summed E-state index contributed by atoms with van der Waals surface area (Å²) >= 11 is 0. The molecule has 20 heavy (non-hydrogen) atoms. The van der Waals surface area contributed by atoms with Gasteiger partial charge in [-0.2, -0.15) is 0 Å². The molecule has 0 heterocycles. The zero-order valence-electron chi connectivity index (χ0n) is 13.7. The van der Waals surface area contributed by atoms with Gasteiger partial charge in [-0.05, 0) is 67.6 Å². The van der Waals surface area contributed by atoms with E-state index < -0.39 is 0 Å². The van der Waals surface area contributed by atoms with Crippen LogP contribution >= 0.6 is 0 Å². The molecule has 0 aromatic carbocycles. The second-order valence-corrected chi connectivity index (χ2v) is 7.47. The number of allylic oxidation sites excluding steroid dienone is 3. The molecule has 6 unspecified atom stereocenters. The summed E-state index contributed by atoms with van der Waals surface area (Å²) in [5.74, 6) is 5.09. The molecule has 0 spiro atoms. The lowest BCUT2D eigenvalue weighted by atomic mass is 9.54. The average molecular weight is 272 g/mol. The molecule has 0 amide bonds. The van der Waals surface area contributed by atoms with Crippen molar-refractivity contribution in [1.82, 2.24) is 0 Å². The third-order valence-electron chi connectivity index (χ3n) is 6.44. The van der Waals surface area contributed by atoms with Crippen LogP contribution in [0.2, 0.25) is 0 Å². The maximum atomic E-state index is 4.41. The monoisotopic (exact) mass is 272 g/mol. The van der Waals surface area contributed by atoms with Crippen molar-refractivity contribution in [2.24, 2.45) is 35.5 Å². The molecule has 0 bridgehead atoms. The van der Waals surface area contributed by atoms with Crippen LogP contribution in [0.3, 0.4) is 0 Å². The van der Waals surface area contributed by atoms with E-state index in [9.17, 15) is 0 Å². The fraction of sp³-hybridized carbons (Fsp3) is 0.700. The van der Waals surface area contributed by atoms with Crippen molar-refractivity contribution in [3.05, 3.63) is 37.0 Å². The molecule has 2 aliphatic carbocycles. The summed E-state index contributed by atoms with van der Waals surface area (Å²) in [6.07, 6.45) is 8.30. The van der Waals surface area contributed by atoms with Crippen LogP contribution < -0.4 is 0 Å². The topological polar surface area (TPSA) is 0 Å². The Morgan fingerprint density at radius 1 is 1.25 bits per heavy atom. The highest BCUT2D eigenvalue weighted by Crippen LogP contribution is 2.53. The maximum Gasteiger partial charge on any atom is -0.0169 e. The summed E-state index contributed by atoms with van der Waals surface area (Å²) in [5.41, 5.74) is 2.70. The molecule has 2 rings (SSSR count). The third kappa shape index (κ3) is 2.95. The van der Waals surface area contributed by atoms with E-state index in [4.69, 9.17) is 0 Å². The Morgan fingerprint density at radius 3 is 2.60 bits per heavy atom. The van der Waals surface area contributed by atoms with Crippen molar-refractivity contribution >= 4 is 0 Å². The molecule has 0 aromatic heterocycles. The van der Waals surface area contributed by atoms with Gasteiger partial charge in [0.1, 0.15) is 0 Å². The maximum absolute atomic E-state index is 4.41. The van der Waals surface area contributed by atoms with Crippen LogP contribution in [-0.4, -0.2) is 0 Å². The zero-order chi connectivity index (χ0) is 14.9. The van der Waals surface area contributed by atoms with Crippen molar-refractivity contribution < 1.29 is 0 Å². The molecule has 2 fully saturated rings. The van der Waals surface area contributed by atoms with Gasteiger partial charge in [-0.15, -0.1) is 0 Å². The minimum Gasteiger partial charge on any atom is -0.0996 e. The molecule has 0 N–H and O–H groups in total. The Labute approximate surface area is 126 Å². The Kier molecular flexibility index (Phi) is 4.94. The fourth-order valence-corrected chi connectivity index (χ4v) is 4.82. The standard InChI is InChI=1S/C20H32/c1-7-13(2)8-11-19-14(3)9-10-18-12-15(4)16(5)17(6)20(18)19/h7,15-20H,1-3,8-12H2,4-6H3. The van der Waals surface area contributed by atoms with Crippen LogP contribution in [0.25, 0.3) is 0 Å². The molecule has 0 aliphatic heterocycles. The van der Waals surface area contributed by atoms with E-state index in [2.05, 4.69) is 40.5 Å². The lowest BCUT2D eigenvalue weighted by molar-refractivity contribution is 0.0137. The summed E-state index contributed by atoms with van der Waals surface area (Å²) in [5, 5.41) is 0. The van der Waals surface area contributed by atoms with Crippen LogP contribution in [0, 0.1) is 35.5 Å². The van der Waals surface area contributed by atoms with Gasteiger partial charge in [0.2, 0.25) is 0 Å². The molecule has 0 aromatic rings. The van der Waals surface area contributed by atoms with Gasteiger partial charge in [-0.3, -0.25) is 0 Å². The molecule has 0 saturated heterocycles. The Hall–Kier alpha value is -0.780. The highest BCUT2D eigenvalue weighted by atomic mass is 14.5. The molecule has 2 saturated carbocycles. The molecular formula is C20H32. The van der Waals surface area contributed by atoms with Crippen molar-refractivity contribution in [3.63, 3.8) is 0 Å². The van der Waals surface area contributed by atoms with Crippen molar-refractivity contribution in [3.8, 4) is 0 Å². The molecule has 0 nitrogen and oxygen atoms in total. The van der Waals surface area contributed by atoms with E-state index in [1.54, 1.807) is 0 Å². The summed E-state index contributed by atoms with van der Waals surface area (Å²) < 4.78 is 0. The van der Waals surface area contributed by atoms with Crippen LogP contribution in [0.1, 0.15) is 52.9 Å². The van der Waals surface area contributed by atoms with E-state index >= 15 is 0 Å². The molecule has 112 valence electrons. The number of fused-ring (bicyclic) bond motifs is 1. The predicted octanol–water partition coefficient (Wildman–Crippen LogP) is 6.02. The zero-order valence-corrected chi connectivity index (χ0v) is 13.7. The third-order valence-corrected chi connectivity index (χ3v) is 6.44. The molecule has 6 atom stereocenters. The van der Waals surface area contributed by atoms with Crippen LogP contribution in [0.15, 0.2) is 37.0 Å². The highest BCUT2D eigenvalue weighted by Gasteiger charge is 2.44. The Bertz CT molecular complexity index is 387. The lowest BCUT2D eigenvalue weighted by Gasteiger charge is -2.51. The molecule has 0 heteroatoms. The minimum absolute atomic E-state index is 0.718. The fourth-order valence-electron chi connectivity index (χ4n) is 4.82. The first-order valence-corrected chi connectivity index (χ1v) is 8.43. The molecule has 2 aliphatic rings. The van der Waals surface area contributed by atoms with Crippen LogP contribution in [0.4, 0.5) is 0 Å². The van der Waals surface area contributed by atoms with Gasteiger partial charge < -0.3 is 0 Å². The first kappa shape index (κ1) is 15.6. The average Bonchev–Trinajstić information content (AvgIpc) is 2.44. The SMILES string of the molecule is C=CC(=C)CCC1C(=C)CCC2CC(C)C(C)C(C)C21. The van der Waals surface area contributed by atoms with E-state index in [1.807, 2.05) is 6.08 Å². The van der Waals surface area contributed by atoms with Gasteiger partial charge in [-0.25, -0.2) is 0 Å². The normalized spacial score (nSPS) is 41.0. The lowest BCUT2D eigenvalue weighted by Crippen LogP contribution is -2.43. The van der Waals surface area contributed by atoms with E-state index in [1.165, 1.54) is 36.8 Å². The van der Waals surface area contributed by atoms with Crippen molar-refractivity contribution in [2.45, 2.75) is 52.9 Å². The first-order valence-electron chi connectivity index (χ1n) is 8.43.